The predicted molar refractivity (Wildman–Crippen MR) is 75.7 cm³/mol. The molecule has 0 fully saturated rings. The molecule has 0 aliphatic rings. The first kappa shape index (κ1) is 14.0. The molecule has 1 atom stereocenters. The van der Waals surface area contributed by atoms with Crippen molar-refractivity contribution in [3.63, 3.8) is 0 Å². The minimum atomic E-state index is -0.405. The van der Waals surface area contributed by atoms with Crippen molar-refractivity contribution in [1.82, 2.24) is 4.98 Å². The van der Waals surface area contributed by atoms with E-state index in [1.54, 1.807) is 18.3 Å². The van der Waals surface area contributed by atoms with Gasteiger partial charge in [0.15, 0.2) is 0 Å². The number of rotatable bonds is 4. The Morgan fingerprint density at radius 2 is 2.16 bits per heavy atom. The van der Waals surface area contributed by atoms with Crippen LogP contribution in [0.25, 0.3) is 0 Å². The predicted octanol–water partition coefficient (Wildman–Crippen LogP) is 3.68. The van der Waals surface area contributed by atoms with E-state index >= 15 is 0 Å². The first-order valence-corrected chi connectivity index (χ1v) is 6.62. The van der Waals surface area contributed by atoms with Gasteiger partial charge in [0.1, 0.15) is 5.82 Å². The van der Waals surface area contributed by atoms with Gasteiger partial charge in [0.25, 0.3) is 0 Å². The lowest BCUT2D eigenvalue weighted by Crippen LogP contribution is -2.15. The van der Waals surface area contributed by atoms with Gasteiger partial charge in [-0.3, -0.25) is 4.98 Å². The molecule has 0 aliphatic carbocycles. The molecule has 0 spiro atoms. The second-order valence-electron chi connectivity index (χ2n) is 4.49. The maximum atomic E-state index is 13.1. The van der Waals surface area contributed by atoms with E-state index in [0.717, 1.165) is 23.1 Å². The van der Waals surface area contributed by atoms with E-state index in [2.05, 4.69) is 11.9 Å². The molecule has 1 unspecified atom stereocenters. The lowest BCUT2D eigenvalue weighted by Gasteiger charge is -2.15. The van der Waals surface area contributed by atoms with Gasteiger partial charge in [-0.15, -0.1) is 0 Å². The van der Waals surface area contributed by atoms with Crippen molar-refractivity contribution in [2.45, 2.75) is 25.8 Å². The average molecular weight is 279 g/mol. The van der Waals surface area contributed by atoms with Gasteiger partial charge in [-0.05, 0) is 47.7 Å². The molecule has 0 radical (unpaired) electrons. The minimum Gasteiger partial charge on any atom is -0.324 e. The van der Waals surface area contributed by atoms with Crippen molar-refractivity contribution in [3.8, 4) is 0 Å². The number of aromatic nitrogens is 1. The lowest BCUT2D eigenvalue weighted by molar-refractivity contribution is 0.626. The number of nitrogens with zero attached hydrogens (tertiary/aromatic N) is 1. The molecule has 19 heavy (non-hydrogen) atoms. The molecule has 1 heterocycles. The summed E-state index contributed by atoms with van der Waals surface area (Å²) in [5.74, 6) is -0.405. The SMILES string of the molecule is CCc1cnccc1C(N)Cc1ccc(F)c(Cl)c1. The Bertz CT molecular complexity index is 572. The molecular formula is C15H16ClFN2. The van der Waals surface area contributed by atoms with Crippen LogP contribution in [-0.4, -0.2) is 4.98 Å². The number of hydrogen-bond acceptors (Lipinski definition) is 2. The Morgan fingerprint density at radius 3 is 2.84 bits per heavy atom. The maximum Gasteiger partial charge on any atom is 0.141 e. The second-order valence-corrected chi connectivity index (χ2v) is 4.89. The van der Waals surface area contributed by atoms with Crippen LogP contribution in [0.4, 0.5) is 4.39 Å². The monoisotopic (exact) mass is 278 g/mol. The molecule has 100 valence electrons. The van der Waals surface area contributed by atoms with E-state index in [9.17, 15) is 4.39 Å². The Hall–Kier alpha value is -1.45. The van der Waals surface area contributed by atoms with Crippen molar-refractivity contribution in [1.29, 1.82) is 0 Å². The van der Waals surface area contributed by atoms with E-state index in [-0.39, 0.29) is 11.1 Å². The van der Waals surface area contributed by atoms with Gasteiger partial charge in [-0.1, -0.05) is 24.6 Å². The highest BCUT2D eigenvalue weighted by Crippen LogP contribution is 2.22. The molecule has 0 amide bonds. The number of benzene rings is 1. The fourth-order valence-corrected chi connectivity index (χ4v) is 2.33. The Labute approximate surface area is 117 Å². The summed E-state index contributed by atoms with van der Waals surface area (Å²) in [5.41, 5.74) is 9.38. The van der Waals surface area contributed by atoms with E-state index in [1.807, 2.05) is 12.3 Å². The third kappa shape index (κ3) is 3.31. The summed E-state index contributed by atoms with van der Waals surface area (Å²) in [7, 11) is 0. The molecule has 2 aromatic rings. The van der Waals surface area contributed by atoms with Gasteiger partial charge in [-0.25, -0.2) is 4.39 Å². The third-order valence-electron chi connectivity index (χ3n) is 3.16. The summed E-state index contributed by atoms with van der Waals surface area (Å²) in [6.07, 6.45) is 5.09. The van der Waals surface area contributed by atoms with Crippen LogP contribution in [-0.2, 0) is 12.8 Å². The Morgan fingerprint density at radius 1 is 1.37 bits per heavy atom. The van der Waals surface area contributed by atoms with Crippen molar-refractivity contribution in [2.24, 2.45) is 5.73 Å². The van der Waals surface area contributed by atoms with Crippen molar-refractivity contribution in [2.75, 3.05) is 0 Å². The van der Waals surface area contributed by atoms with Crippen LogP contribution in [0.5, 0.6) is 0 Å². The van der Waals surface area contributed by atoms with E-state index in [1.165, 1.54) is 6.07 Å². The van der Waals surface area contributed by atoms with E-state index < -0.39 is 5.82 Å². The van der Waals surface area contributed by atoms with Crippen LogP contribution >= 0.6 is 11.6 Å². The quantitative estimate of drug-likeness (QED) is 0.927. The van der Waals surface area contributed by atoms with Crippen LogP contribution in [0.3, 0.4) is 0 Å². The standard InChI is InChI=1S/C15H16ClFN2/c1-2-11-9-19-6-5-12(11)15(18)8-10-3-4-14(17)13(16)7-10/h3-7,9,15H,2,8,18H2,1H3. The first-order chi connectivity index (χ1) is 9.11. The molecule has 2 N–H and O–H groups in total. The zero-order valence-electron chi connectivity index (χ0n) is 10.7. The highest BCUT2D eigenvalue weighted by atomic mass is 35.5. The van der Waals surface area contributed by atoms with Gasteiger partial charge in [0.2, 0.25) is 0 Å². The lowest BCUT2D eigenvalue weighted by atomic mass is 9.96. The fourth-order valence-electron chi connectivity index (χ4n) is 2.13. The molecule has 0 aliphatic heterocycles. The fraction of sp³-hybridized carbons (Fsp3) is 0.267. The van der Waals surface area contributed by atoms with Gasteiger partial charge in [0.05, 0.1) is 5.02 Å². The number of pyridine rings is 1. The number of nitrogens with two attached hydrogens (primary N) is 1. The summed E-state index contributed by atoms with van der Waals surface area (Å²) >= 11 is 5.78. The highest BCUT2D eigenvalue weighted by molar-refractivity contribution is 6.30. The second kappa shape index (κ2) is 6.13. The van der Waals surface area contributed by atoms with Crippen LogP contribution in [0.1, 0.15) is 29.7 Å². The molecule has 4 heteroatoms. The zero-order chi connectivity index (χ0) is 13.8. The summed E-state index contributed by atoms with van der Waals surface area (Å²) < 4.78 is 13.1. The molecule has 0 bridgehead atoms. The van der Waals surface area contributed by atoms with Crippen LogP contribution in [0.2, 0.25) is 5.02 Å². The summed E-state index contributed by atoms with van der Waals surface area (Å²) in [6, 6.07) is 6.52. The maximum absolute atomic E-state index is 13.1. The summed E-state index contributed by atoms with van der Waals surface area (Å²) in [4.78, 5) is 4.11. The van der Waals surface area contributed by atoms with E-state index in [0.29, 0.717) is 6.42 Å². The van der Waals surface area contributed by atoms with Crippen LogP contribution < -0.4 is 5.73 Å². The van der Waals surface area contributed by atoms with Gasteiger partial charge in [0, 0.05) is 18.4 Å². The Kier molecular flexibility index (Phi) is 4.51. The normalized spacial score (nSPS) is 12.4. The molecule has 1 aromatic heterocycles. The molecule has 0 saturated heterocycles. The van der Waals surface area contributed by atoms with Crippen molar-refractivity contribution < 1.29 is 4.39 Å². The number of aryl methyl sites for hydroxylation is 1. The molecule has 1 aromatic carbocycles. The van der Waals surface area contributed by atoms with E-state index in [4.69, 9.17) is 17.3 Å². The van der Waals surface area contributed by atoms with Gasteiger partial charge >= 0.3 is 0 Å². The summed E-state index contributed by atoms with van der Waals surface area (Å²) in [5, 5.41) is 0.134. The van der Waals surface area contributed by atoms with Crippen LogP contribution in [0.15, 0.2) is 36.7 Å². The average Bonchev–Trinajstić information content (AvgIpc) is 2.43. The molecular weight excluding hydrogens is 263 g/mol. The van der Waals surface area contributed by atoms with Crippen molar-refractivity contribution >= 4 is 11.6 Å². The van der Waals surface area contributed by atoms with Gasteiger partial charge in [-0.2, -0.15) is 0 Å². The molecule has 0 saturated carbocycles. The Balaban J connectivity index is 2.20. The van der Waals surface area contributed by atoms with Crippen LogP contribution in [0, 0.1) is 5.82 Å². The first-order valence-electron chi connectivity index (χ1n) is 6.24. The molecule has 2 nitrogen and oxygen atoms in total. The zero-order valence-corrected chi connectivity index (χ0v) is 11.5. The summed E-state index contributed by atoms with van der Waals surface area (Å²) in [6.45, 7) is 2.07. The largest absolute Gasteiger partial charge is 0.324 e. The van der Waals surface area contributed by atoms with Gasteiger partial charge < -0.3 is 5.73 Å². The number of halogens is 2. The van der Waals surface area contributed by atoms with Crippen molar-refractivity contribution in [3.05, 3.63) is 64.2 Å². The minimum absolute atomic E-state index is 0.134. The topological polar surface area (TPSA) is 38.9 Å². The third-order valence-corrected chi connectivity index (χ3v) is 3.45. The number of hydrogen-bond donors (Lipinski definition) is 1. The highest BCUT2D eigenvalue weighted by Gasteiger charge is 2.12. The molecule has 2 rings (SSSR count). The smallest absolute Gasteiger partial charge is 0.141 e.